The molecule has 1 aliphatic heterocycles. The summed E-state index contributed by atoms with van der Waals surface area (Å²) in [5.41, 5.74) is -0.306. The highest BCUT2D eigenvalue weighted by Crippen LogP contribution is 2.29. The van der Waals surface area contributed by atoms with Gasteiger partial charge in [-0.2, -0.15) is 0 Å². The van der Waals surface area contributed by atoms with E-state index in [1.165, 1.54) is 18.4 Å². The number of anilines is 1. The molecule has 1 saturated heterocycles. The molecule has 20 heavy (non-hydrogen) atoms. The van der Waals surface area contributed by atoms with Gasteiger partial charge in [0.1, 0.15) is 12.1 Å². The molecule has 1 aliphatic rings. The summed E-state index contributed by atoms with van der Waals surface area (Å²) in [5, 5.41) is 4.56. The molecule has 0 aromatic carbocycles. The van der Waals surface area contributed by atoms with E-state index >= 15 is 0 Å². The molecule has 0 spiro atoms. The van der Waals surface area contributed by atoms with Gasteiger partial charge >= 0.3 is 5.97 Å². The number of methoxy groups -OCH3 is 1. The van der Waals surface area contributed by atoms with Gasteiger partial charge in [0.2, 0.25) is 5.91 Å². The predicted octanol–water partition coefficient (Wildman–Crippen LogP) is 0.1000. The fraction of sp³-hybridized carbons (Fsp3) is 0.500. The van der Waals surface area contributed by atoms with Crippen molar-refractivity contribution in [2.45, 2.75) is 25.8 Å². The molecule has 1 aromatic heterocycles. The lowest BCUT2D eigenvalue weighted by molar-refractivity contribution is -0.140. The highest BCUT2D eigenvalue weighted by molar-refractivity contribution is 7.13. The number of ether oxygens (including phenoxy) is 1. The van der Waals surface area contributed by atoms with Crippen molar-refractivity contribution in [3.63, 3.8) is 0 Å². The van der Waals surface area contributed by atoms with Crippen molar-refractivity contribution in [2.24, 2.45) is 0 Å². The maximum absolute atomic E-state index is 11.9. The zero-order chi connectivity index (χ0) is 14.9. The lowest BCUT2D eigenvalue weighted by atomic mass is 10.00. The molecule has 0 atom stereocenters. The Bertz CT molecular complexity index is 567. The van der Waals surface area contributed by atoms with Crippen molar-refractivity contribution < 1.29 is 19.1 Å². The molecule has 8 heteroatoms. The third-order valence-corrected chi connectivity index (χ3v) is 4.02. The topological polar surface area (TPSA) is 88.6 Å². The van der Waals surface area contributed by atoms with E-state index in [9.17, 15) is 14.4 Å². The SMILES string of the molecule is COC(=O)Cc1csc(N2CC(=O)NC(=O)C2(C)C)n1. The summed E-state index contributed by atoms with van der Waals surface area (Å²) in [4.78, 5) is 40.5. The van der Waals surface area contributed by atoms with Gasteiger partial charge < -0.3 is 9.64 Å². The molecule has 2 heterocycles. The Hall–Kier alpha value is -1.96. The summed E-state index contributed by atoms with van der Waals surface area (Å²) in [6, 6.07) is 0. The van der Waals surface area contributed by atoms with Gasteiger partial charge in [-0.25, -0.2) is 4.98 Å². The van der Waals surface area contributed by atoms with Crippen molar-refractivity contribution >= 4 is 34.3 Å². The molecule has 0 bridgehead atoms. The summed E-state index contributed by atoms with van der Waals surface area (Å²) in [6.45, 7) is 3.50. The summed E-state index contributed by atoms with van der Waals surface area (Å²) in [6.07, 6.45) is 0.0708. The maximum Gasteiger partial charge on any atom is 0.311 e. The Morgan fingerprint density at radius 1 is 1.55 bits per heavy atom. The number of rotatable bonds is 3. The van der Waals surface area contributed by atoms with E-state index in [0.717, 1.165) is 0 Å². The van der Waals surface area contributed by atoms with Crippen LogP contribution >= 0.6 is 11.3 Å². The molecule has 1 aromatic rings. The monoisotopic (exact) mass is 297 g/mol. The molecule has 1 N–H and O–H groups in total. The number of thiazole rings is 1. The highest BCUT2D eigenvalue weighted by Gasteiger charge is 2.42. The molecule has 2 amide bonds. The van der Waals surface area contributed by atoms with E-state index in [2.05, 4.69) is 15.0 Å². The normalized spacial score (nSPS) is 17.9. The molecule has 2 rings (SSSR count). The molecule has 0 saturated carbocycles. The number of nitrogens with zero attached hydrogens (tertiary/aromatic N) is 2. The van der Waals surface area contributed by atoms with Gasteiger partial charge in [-0.15, -0.1) is 11.3 Å². The minimum absolute atomic E-state index is 0.0594. The second-order valence-corrected chi connectivity index (χ2v) is 5.73. The number of hydrogen-bond donors (Lipinski definition) is 1. The van der Waals surface area contributed by atoms with Gasteiger partial charge in [-0.1, -0.05) is 0 Å². The number of imide groups is 1. The van der Waals surface area contributed by atoms with Crippen LogP contribution in [0.1, 0.15) is 19.5 Å². The van der Waals surface area contributed by atoms with Crippen molar-refractivity contribution in [2.75, 3.05) is 18.6 Å². The van der Waals surface area contributed by atoms with E-state index in [1.807, 2.05) is 0 Å². The van der Waals surface area contributed by atoms with E-state index < -0.39 is 5.54 Å². The molecule has 1 fully saturated rings. The standard InChI is InChI=1S/C12H15N3O4S/c1-12(2)10(18)14-8(16)5-15(12)11-13-7(6-20-11)4-9(17)19-3/h6H,4-5H2,1-3H3,(H,14,16,18). The quantitative estimate of drug-likeness (QED) is 0.629. The third kappa shape index (κ3) is 2.64. The smallest absolute Gasteiger partial charge is 0.311 e. The first-order valence-electron chi connectivity index (χ1n) is 5.97. The number of carbonyl (C=O) groups is 3. The Kier molecular flexibility index (Phi) is 3.76. The van der Waals surface area contributed by atoms with Gasteiger partial charge in [-0.3, -0.25) is 19.7 Å². The van der Waals surface area contributed by atoms with Crippen LogP contribution in [0, 0.1) is 0 Å². The fourth-order valence-electron chi connectivity index (χ4n) is 1.81. The average molecular weight is 297 g/mol. The predicted molar refractivity (Wildman–Crippen MR) is 72.4 cm³/mol. The maximum atomic E-state index is 11.9. The molecule has 0 radical (unpaired) electrons. The second kappa shape index (κ2) is 5.20. The first-order chi connectivity index (χ1) is 9.34. The second-order valence-electron chi connectivity index (χ2n) is 4.90. The van der Waals surface area contributed by atoms with Crippen LogP contribution in [0.5, 0.6) is 0 Å². The zero-order valence-electron chi connectivity index (χ0n) is 11.4. The van der Waals surface area contributed by atoms with Crippen LogP contribution in [0.15, 0.2) is 5.38 Å². The first kappa shape index (κ1) is 14.4. The summed E-state index contributed by atoms with van der Waals surface area (Å²) < 4.78 is 4.58. The number of aromatic nitrogens is 1. The van der Waals surface area contributed by atoms with Gasteiger partial charge in [-0.05, 0) is 13.8 Å². The molecular formula is C12H15N3O4S. The lowest BCUT2D eigenvalue weighted by Gasteiger charge is -2.39. The fourth-order valence-corrected chi connectivity index (χ4v) is 2.78. The Labute approximate surface area is 119 Å². The highest BCUT2D eigenvalue weighted by atomic mass is 32.1. The molecule has 108 valence electrons. The van der Waals surface area contributed by atoms with E-state index in [4.69, 9.17) is 0 Å². The Morgan fingerprint density at radius 3 is 2.90 bits per heavy atom. The number of nitrogens with one attached hydrogen (secondary N) is 1. The molecule has 0 aliphatic carbocycles. The minimum atomic E-state index is -0.867. The van der Waals surface area contributed by atoms with Crippen LogP contribution in [0.2, 0.25) is 0 Å². The van der Waals surface area contributed by atoms with Crippen LogP contribution in [-0.2, 0) is 25.5 Å². The largest absolute Gasteiger partial charge is 0.469 e. The van der Waals surface area contributed by atoms with E-state index in [0.29, 0.717) is 10.8 Å². The van der Waals surface area contributed by atoms with Crippen molar-refractivity contribution in [3.8, 4) is 0 Å². The van der Waals surface area contributed by atoms with E-state index in [-0.39, 0.29) is 30.7 Å². The van der Waals surface area contributed by atoms with Crippen LogP contribution < -0.4 is 10.2 Å². The Morgan fingerprint density at radius 2 is 2.25 bits per heavy atom. The molecular weight excluding hydrogens is 282 g/mol. The summed E-state index contributed by atoms with van der Waals surface area (Å²) >= 11 is 1.29. The van der Waals surface area contributed by atoms with Crippen molar-refractivity contribution in [1.29, 1.82) is 0 Å². The number of amides is 2. The van der Waals surface area contributed by atoms with Crippen molar-refractivity contribution in [1.82, 2.24) is 10.3 Å². The zero-order valence-corrected chi connectivity index (χ0v) is 12.2. The summed E-state index contributed by atoms with van der Waals surface area (Å²) in [7, 11) is 1.31. The number of hydrogen-bond acceptors (Lipinski definition) is 7. The average Bonchev–Trinajstić information content (AvgIpc) is 2.82. The molecule has 0 unspecified atom stereocenters. The number of piperazine rings is 1. The Balaban J connectivity index is 2.23. The van der Waals surface area contributed by atoms with Crippen LogP contribution in [-0.4, -0.2) is 42.0 Å². The lowest BCUT2D eigenvalue weighted by Crippen LogP contribution is -2.64. The first-order valence-corrected chi connectivity index (χ1v) is 6.85. The number of carbonyl (C=O) groups excluding carboxylic acids is 3. The number of esters is 1. The van der Waals surface area contributed by atoms with Crippen LogP contribution in [0.4, 0.5) is 5.13 Å². The van der Waals surface area contributed by atoms with Crippen LogP contribution in [0.3, 0.4) is 0 Å². The van der Waals surface area contributed by atoms with E-state index in [1.54, 1.807) is 24.1 Å². The van der Waals surface area contributed by atoms with Crippen LogP contribution in [0.25, 0.3) is 0 Å². The van der Waals surface area contributed by atoms with Gasteiger partial charge in [0.25, 0.3) is 5.91 Å². The third-order valence-electron chi connectivity index (χ3n) is 3.11. The van der Waals surface area contributed by atoms with Gasteiger partial charge in [0.15, 0.2) is 5.13 Å². The van der Waals surface area contributed by atoms with Crippen molar-refractivity contribution in [3.05, 3.63) is 11.1 Å². The minimum Gasteiger partial charge on any atom is -0.469 e. The van der Waals surface area contributed by atoms with Gasteiger partial charge in [0.05, 0.1) is 19.2 Å². The molecule has 7 nitrogen and oxygen atoms in total. The van der Waals surface area contributed by atoms with Gasteiger partial charge in [0, 0.05) is 5.38 Å². The summed E-state index contributed by atoms with van der Waals surface area (Å²) in [5.74, 6) is -1.11.